The van der Waals surface area contributed by atoms with E-state index in [9.17, 15) is 19.0 Å². The summed E-state index contributed by atoms with van der Waals surface area (Å²) in [6, 6.07) is 7.17. The van der Waals surface area contributed by atoms with Crippen molar-refractivity contribution in [3.63, 3.8) is 0 Å². The van der Waals surface area contributed by atoms with Crippen LogP contribution in [0.15, 0.2) is 30.3 Å². The first-order valence-corrected chi connectivity index (χ1v) is 7.94. The van der Waals surface area contributed by atoms with Crippen molar-refractivity contribution < 1.29 is 19.0 Å². The molecule has 3 rings (SSSR count). The van der Waals surface area contributed by atoms with Gasteiger partial charge in [0, 0.05) is 23.1 Å². The van der Waals surface area contributed by atoms with Crippen LogP contribution in [0.4, 0.5) is 8.78 Å². The molecule has 0 aliphatic heterocycles. The molecule has 4 heteroatoms. The first kappa shape index (κ1) is 15.8. The van der Waals surface area contributed by atoms with Crippen molar-refractivity contribution in [2.24, 2.45) is 0 Å². The Morgan fingerprint density at radius 1 is 1.00 bits per heavy atom. The van der Waals surface area contributed by atoms with Crippen molar-refractivity contribution in [3.8, 4) is 11.5 Å². The minimum absolute atomic E-state index is 0.0683. The van der Waals surface area contributed by atoms with Crippen LogP contribution < -0.4 is 0 Å². The molecule has 2 N–H and O–H groups in total. The highest BCUT2D eigenvalue weighted by Gasteiger charge is 2.37. The Kier molecular flexibility index (Phi) is 4.00. The average Bonchev–Trinajstić information content (AvgIpc) is 2.66. The molecule has 0 aromatic heterocycles. The van der Waals surface area contributed by atoms with Gasteiger partial charge in [-0.15, -0.1) is 0 Å². The molecule has 2 aromatic carbocycles. The van der Waals surface area contributed by atoms with E-state index in [4.69, 9.17) is 0 Å². The zero-order valence-electron chi connectivity index (χ0n) is 13.1. The molecule has 0 fully saturated rings. The summed E-state index contributed by atoms with van der Waals surface area (Å²) in [6.45, 7) is 1.94. The van der Waals surface area contributed by atoms with Crippen LogP contribution in [-0.2, 0) is 18.3 Å². The molecule has 0 saturated carbocycles. The maximum absolute atomic E-state index is 14.5. The van der Waals surface area contributed by atoms with Gasteiger partial charge < -0.3 is 10.2 Å². The topological polar surface area (TPSA) is 40.5 Å². The number of benzene rings is 2. The van der Waals surface area contributed by atoms with Gasteiger partial charge in [-0.05, 0) is 55.4 Å². The number of fused-ring (bicyclic) bond motifs is 1. The summed E-state index contributed by atoms with van der Waals surface area (Å²) in [5, 5.41) is 19.1. The van der Waals surface area contributed by atoms with Crippen LogP contribution in [-0.4, -0.2) is 10.2 Å². The highest BCUT2D eigenvalue weighted by atomic mass is 19.1. The van der Waals surface area contributed by atoms with Crippen molar-refractivity contribution in [3.05, 3.63) is 58.7 Å². The van der Waals surface area contributed by atoms with Crippen LogP contribution >= 0.6 is 0 Å². The van der Waals surface area contributed by atoms with E-state index < -0.39 is 22.8 Å². The zero-order chi connectivity index (χ0) is 16.6. The Balaban J connectivity index is 2.13. The maximum Gasteiger partial charge on any atom is 0.133 e. The molecule has 2 aromatic rings. The molecule has 0 saturated heterocycles. The van der Waals surface area contributed by atoms with E-state index >= 15 is 0 Å². The smallest absolute Gasteiger partial charge is 0.133 e. The number of phenols is 2. The molecule has 1 atom stereocenters. The standard InChI is InChI=1S/C19H20F2O2/c1-2-19(18-16(20)9-15(23)10-17(18)21)7-3-4-12-8-14(22)6-5-13(12)11-19/h5-6,8-10,22-23H,2-4,7,11H2,1H3. The van der Waals surface area contributed by atoms with Crippen molar-refractivity contribution >= 4 is 0 Å². The number of aromatic hydroxyl groups is 2. The highest BCUT2D eigenvalue weighted by molar-refractivity contribution is 5.41. The second-order valence-electron chi connectivity index (χ2n) is 6.40. The van der Waals surface area contributed by atoms with Crippen LogP contribution in [0.25, 0.3) is 0 Å². The fourth-order valence-electron chi connectivity index (χ4n) is 3.85. The Morgan fingerprint density at radius 3 is 2.35 bits per heavy atom. The molecular weight excluding hydrogens is 298 g/mol. The Morgan fingerprint density at radius 2 is 1.70 bits per heavy atom. The van der Waals surface area contributed by atoms with Gasteiger partial charge in [-0.1, -0.05) is 13.0 Å². The molecule has 0 bridgehead atoms. The van der Waals surface area contributed by atoms with Crippen molar-refractivity contribution in [2.75, 3.05) is 0 Å². The zero-order valence-corrected chi connectivity index (χ0v) is 13.1. The fourth-order valence-corrected chi connectivity index (χ4v) is 3.85. The van der Waals surface area contributed by atoms with Gasteiger partial charge in [0.25, 0.3) is 0 Å². The predicted molar refractivity (Wildman–Crippen MR) is 84.7 cm³/mol. The average molecular weight is 318 g/mol. The van der Waals surface area contributed by atoms with Gasteiger partial charge >= 0.3 is 0 Å². The molecule has 122 valence electrons. The van der Waals surface area contributed by atoms with Crippen molar-refractivity contribution in [2.45, 2.75) is 44.4 Å². The third-order valence-electron chi connectivity index (χ3n) is 5.05. The first-order chi connectivity index (χ1) is 10.9. The summed E-state index contributed by atoms with van der Waals surface area (Å²) in [7, 11) is 0. The van der Waals surface area contributed by atoms with E-state index in [1.165, 1.54) is 0 Å². The number of halogens is 2. The summed E-state index contributed by atoms with van der Waals surface area (Å²) in [6.07, 6.45) is 3.37. The van der Waals surface area contributed by atoms with Gasteiger partial charge in [-0.3, -0.25) is 0 Å². The number of phenolic OH excluding ortho intramolecular Hbond substituents is 2. The lowest BCUT2D eigenvalue weighted by Crippen LogP contribution is -2.30. The van der Waals surface area contributed by atoms with Crippen LogP contribution in [0.2, 0.25) is 0 Å². The molecule has 1 aliphatic rings. The van der Waals surface area contributed by atoms with E-state index in [-0.39, 0.29) is 11.3 Å². The van der Waals surface area contributed by atoms with Gasteiger partial charge in [0.15, 0.2) is 0 Å². The van der Waals surface area contributed by atoms with Crippen LogP contribution in [0.5, 0.6) is 11.5 Å². The molecule has 1 unspecified atom stereocenters. The second-order valence-corrected chi connectivity index (χ2v) is 6.40. The molecule has 0 amide bonds. The maximum atomic E-state index is 14.5. The van der Waals surface area contributed by atoms with Gasteiger partial charge in [-0.25, -0.2) is 8.78 Å². The molecule has 23 heavy (non-hydrogen) atoms. The summed E-state index contributed by atoms with van der Waals surface area (Å²) in [4.78, 5) is 0. The lowest BCUT2D eigenvalue weighted by atomic mass is 9.71. The molecule has 0 heterocycles. The minimum Gasteiger partial charge on any atom is -0.508 e. The lowest BCUT2D eigenvalue weighted by Gasteiger charge is -2.33. The van der Waals surface area contributed by atoms with Crippen molar-refractivity contribution in [1.29, 1.82) is 0 Å². The van der Waals surface area contributed by atoms with E-state index in [2.05, 4.69) is 0 Å². The molecule has 0 radical (unpaired) electrons. The highest BCUT2D eigenvalue weighted by Crippen LogP contribution is 2.43. The van der Waals surface area contributed by atoms with Crippen LogP contribution in [0, 0.1) is 11.6 Å². The third kappa shape index (κ3) is 2.78. The predicted octanol–water partition coefficient (Wildman–Crippen LogP) is 4.60. The number of rotatable bonds is 2. The normalized spacial score (nSPS) is 20.8. The van der Waals surface area contributed by atoms with Gasteiger partial charge in [0.2, 0.25) is 0 Å². The van der Waals surface area contributed by atoms with Crippen molar-refractivity contribution in [1.82, 2.24) is 0 Å². The van der Waals surface area contributed by atoms with Crippen LogP contribution in [0.3, 0.4) is 0 Å². The Labute approximate surface area is 134 Å². The molecule has 2 nitrogen and oxygen atoms in total. The van der Waals surface area contributed by atoms with E-state index in [1.807, 2.05) is 13.0 Å². The largest absolute Gasteiger partial charge is 0.508 e. The fraction of sp³-hybridized carbons (Fsp3) is 0.368. The van der Waals surface area contributed by atoms with E-state index in [1.54, 1.807) is 12.1 Å². The van der Waals surface area contributed by atoms with Gasteiger partial charge in [-0.2, -0.15) is 0 Å². The summed E-state index contributed by atoms with van der Waals surface area (Å²) in [5.74, 6) is -1.55. The third-order valence-corrected chi connectivity index (χ3v) is 5.05. The van der Waals surface area contributed by atoms with Crippen LogP contribution in [0.1, 0.15) is 42.9 Å². The number of hydrogen-bond donors (Lipinski definition) is 2. The van der Waals surface area contributed by atoms with E-state index in [0.29, 0.717) is 19.3 Å². The first-order valence-electron chi connectivity index (χ1n) is 7.94. The molecule has 0 spiro atoms. The minimum atomic E-state index is -0.688. The molecule has 1 aliphatic carbocycles. The number of hydrogen-bond acceptors (Lipinski definition) is 2. The summed E-state index contributed by atoms with van der Waals surface area (Å²) < 4.78 is 28.9. The Hall–Kier alpha value is -2.10. The summed E-state index contributed by atoms with van der Waals surface area (Å²) in [5.41, 5.74) is 1.50. The Bertz CT molecular complexity index is 719. The number of aryl methyl sites for hydroxylation is 1. The summed E-state index contributed by atoms with van der Waals surface area (Å²) >= 11 is 0. The second kappa shape index (κ2) is 5.84. The monoisotopic (exact) mass is 318 g/mol. The quantitative estimate of drug-likeness (QED) is 0.794. The SMILES string of the molecule is CCC1(c2c(F)cc(O)cc2F)CCCc2cc(O)ccc2C1. The van der Waals surface area contributed by atoms with Gasteiger partial charge in [0.1, 0.15) is 23.1 Å². The van der Waals surface area contributed by atoms with E-state index in [0.717, 1.165) is 36.1 Å². The van der Waals surface area contributed by atoms with Gasteiger partial charge in [0.05, 0.1) is 0 Å². The molecular formula is C19H20F2O2. The lowest BCUT2D eigenvalue weighted by molar-refractivity contribution is 0.339.